The quantitative estimate of drug-likeness (QED) is 0.898. The van der Waals surface area contributed by atoms with Crippen molar-refractivity contribution >= 4 is 11.9 Å². The first kappa shape index (κ1) is 17.3. The number of nitrogens with one attached hydrogen (secondary N) is 1. The molecule has 6 nitrogen and oxygen atoms in total. The Balaban J connectivity index is 1.36. The van der Waals surface area contributed by atoms with E-state index in [1.807, 2.05) is 28.0 Å². The normalized spacial score (nSPS) is 26.0. The van der Waals surface area contributed by atoms with Gasteiger partial charge in [-0.05, 0) is 50.2 Å². The summed E-state index contributed by atoms with van der Waals surface area (Å²) in [6.45, 7) is 3.18. The molecule has 1 saturated carbocycles. The van der Waals surface area contributed by atoms with Crippen LogP contribution in [0.3, 0.4) is 0 Å². The molecule has 26 heavy (non-hydrogen) atoms. The number of urea groups is 1. The van der Waals surface area contributed by atoms with Gasteiger partial charge in [-0.1, -0.05) is 6.07 Å². The smallest absolute Gasteiger partial charge is 0.320 e. The zero-order valence-electron chi connectivity index (χ0n) is 15.3. The highest BCUT2D eigenvalue weighted by molar-refractivity contribution is 5.79. The Labute approximate surface area is 155 Å². The van der Waals surface area contributed by atoms with Crippen LogP contribution in [-0.4, -0.2) is 58.9 Å². The molecule has 3 heterocycles. The minimum absolute atomic E-state index is 0.00613. The van der Waals surface area contributed by atoms with E-state index < -0.39 is 0 Å². The van der Waals surface area contributed by atoms with E-state index in [2.05, 4.69) is 10.3 Å². The van der Waals surface area contributed by atoms with Crippen LogP contribution in [0.5, 0.6) is 0 Å². The maximum Gasteiger partial charge on any atom is 0.320 e. The largest absolute Gasteiger partial charge is 0.351 e. The van der Waals surface area contributed by atoms with Gasteiger partial charge < -0.3 is 15.1 Å². The minimum Gasteiger partial charge on any atom is -0.351 e. The second-order valence-electron chi connectivity index (χ2n) is 7.91. The van der Waals surface area contributed by atoms with E-state index in [0.717, 1.165) is 38.2 Å². The van der Waals surface area contributed by atoms with Gasteiger partial charge in [-0.2, -0.15) is 0 Å². The third-order valence-corrected chi connectivity index (χ3v) is 5.90. The molecule has 0 radical (unpaired) electrons. The summed E-state index contributed by atoms with van der Waals surface area (Å²) in [5.74, 6) is 1.07. The van der Waals surface area contributed by atoms with Crippen LogP contribution in [0.1, 0.15) is 37.8 Å². The Morgan fingerprint density at radius 3 is 2.58 bits per heavy atom. The van der Waals surface area contributed by atoms with E-state index >= 15 is 0 Å². The fourth-order valence-corrected chi connectivity index (χ4v) is 4.35. The standard InChI is InChI=1S/C20H28N4O2/c25-19(12-16-6-2-3-9-21-16)22-18-14-24(13-17(18)15-7-8-15)20(26)23-10-4-1-5-11-23/h2-3,6,9,15,17-18H,1,4-5,7-8,10-14H2,(H,22,25). The number of hydrogen-bond donors (Lipinski definition) is 1. The molecule has 2 aliphatic heterocycles. The number of rotatable bonds is 4. The number of nitrogens with zero attached hydrogens (tertiary/aromatic N) is 3. The zero-order chi connectivity index (χ0) is 17.9. The number of likely N-dealkylation sites (tertiary alicyclic amines) is 2. The molecule has 0 aromatic carbocycles. The molecule has 2 saturated heterocycles. The lowest BCUT2D eigenvalue weighted by Gasteiger charge is -2.31. The van der Waals surface area contributed by atoms with Crippen LogP contribution in [0.15, 0.2) is 24.4 Å². The van der Waals surface area contributed by atoms with Gasteiger partial charge in [-0.25, -0.2) is 4.79 Å². The van der Waals surface area contributed by atoms with Crippen LogP contribution in [0.25, 0.3) is 0 Å². The van der Waals surface area contributed by atoms with Crippen LogP contribution < -0.4 is 5.32 Å². The third-order valence-electron chi connectivity index (χ3n) is 5.90. The highest BCUT2D eigenvalue weighted by atomic mass is 16.2. The van der Waals surface area contributed by atoms with Crippen molar-refractivity contribution in [1.29, 1.82) is 0 Å². The average molecular weight is 356 g/mol. The molecule has 0 spiro atoms. The van der Waals surface area contributed by atoms with Crippen molar-refractivity contribution in [3.63, 3.8) is 0 Å². The van der Waals surface area contributed by atoms with E-state index in [9.17, 15) is 9.59 Å². The van der Waals surface area contributed by atoms with Gasteiger partial charge in [0.15, 0.2) is 0 Å². The highest BCUT2D eigenvalue weighted by Gasteiger charge is 2.45. The number of pyridine rings is 1. The van der Waals surface area contributed by atoms with E-state index in [4.69, 9.17) is 0 Å². The number of amides is 3. The monoisotopic (exact) mass is 356 g/mol. The van der Waals surface area contributed by atoms with Crippen molar-refractivity contribution in [1.82, 2.24) is 20.1 Å². The van der Waals surface area contributed by atoms with Gasteiger partial charge in [-0.3, -0.25) is 9.78 Å². The Morgan fingerprint density at radius 2 is 1.88 bits per heavy atom. The summed E-state index contributed by atoms with van der Waals surface area (Å²) >= 11 is 0. The Hall–Kier alpha value is -2.11. The van der Waals surface area contributed by atoms with Crippen LogP contribution >= 0.6 is 0 Å². The number of carbonyl (C=O) groups is 2. The first-order valence-corrected chi connectivity index (χ1v) is 9.94. The lowest BCUT2D eigenvalue weighted by molar-refractivity contribution is -0.121. The highest BCUT2D eigenvalue weighted by Crippen LogP contribution is 2.41. The zero-order valence-corrected chi connectivity index (χ0v) is 15.3. The van der Waals surface area contributed by atoms with Gasteiger partial charge in [0.25, 0.3) is 0 Å². The number of piperidine rings is 1. The molecule has 3 fully saturated rings. The number of aromatic nitrogens is 1. The van der Waals surface area contributed by atoms with E-state index in [-0.39, 0.29) is 18.0 Å². The van der Waals surface area contributed by atoms with Crippen molar-refractivity contribution < 1.29 is 9.59 Å². The topological polar surface area (TPSA) is 65.5 Å². The van der Waals surface area contributed by atoms with Gasteiger partial charge in [0.1, 0.15) is 0 Å². The van der Waals surface area contributed by atoms with Crippen molar-refractivity contribution in [3.8, 4) is 0 Å². The fraction of sp³-hybridized carbons (Fsp3) is 0.650. The van der Waals surface area contributed by atoms with Gasteiger partial charge in [-0.15, -0.1) is 0 Å². The predicted molar refractivity (Wildman–Crippen MR) is 98.5 cm³/mol. The lowest BCUT2D eigenvalue weighted by atomic mass is 9.98. The van der Waals surface area contributed by atoms with Crippen LogP contribution in [-0.2, 0) is 11.2 Å². The Bertz CT molecular complexity index is 640. The maximum absolute atomic E-state index is 12.8. The van der Waals surface area contributed by atoms with Gasteiger partial charge in [0.05, 0.1) is 12.5 Å². The van der Waals surface area contributed by atoms with Crippen LogP contribution in [0, 0.1) is 11.8 Å². The molecule has 3 aliphatic rings. The summed E-state index contributed by atoms with van der Waals surface area (Å²) in [7, 11) is 0. The molecule has 2 atom stereocenters. The molecule has 140 valence electrons. The average Bonchev–Trinajstić information content (AvgIpc) is 3.43. The number of hydrogen-bond acceptors (Lipinski definition) is 3. The third kappa shape index (κ3) is 4.00. The maximum atomic E-state index is 12.8. The van der Waals surface area contributed by atoms with Gasteiger partial charge in [0, 0.05) is 44.0 Å². The molecule has 1 aliphatic carbocycles. The summed E-state index contributed by atoms with van der Waals surface area (Å²) in [5, 5.41) is 3.20. The lowest BCUT2D eigenvalue weighted by Crippen LogP contribution is -2.46. The van der Waals surface area contributed by atoms with Crippen molar-refractivity contribution in [2.24, 2.45) is 11.8 Å². The van der Waals surface area contributed by atoms with Crippen molar-refractivity contribution in [2.45, 2.75) is 44.6 Å². The first-order chi connectivity index (χ1) is 12.7. The summed E-state index contributed by atoms with van der Waals surface area (Å²) in [4.78, 5) is 33.5. The molecule has 0 bridgehead atoms. The second kappa shape index (κ2) is 7.64. The van der Waals surface area contributed by atoms with E-state index in [0.29, 0.717) is 24.8 Å². The van der Waals surface area contributed by atoms with Crippen molar-refractivity contribution in [3.05, 3.63) is 30.1 Å². The predicted octanol–water partition coefficient (Wildman–Crippen LogP) is 2.06. The fourth-order valence-electron chi connectivity index (χ4n) is 4.35. The molecule has 1 aromatic rings. The Morgan fingerprint density at radius 1 is 1.08 bits per heavy atom. The molecule has 1 aromatic heterocycles. The summed E-state index contributed by atoms with van der Waals surface area (Å²) in [5.41, 5.74) is 0.784. The summed E-state index contributed by atoms with van der Waals surface area (Å²) in [6, 6.07) is 5.87. The second-order valence-corrected chi connectivity index (χ2v) is 7.91. The molecular formula is C20H28N4O2. The van der Waals surface area contributed by atoms with Crippen molar-refractivity contribution in [2.75, 3.05) is 26.2 Å². The summed E-state index contributed by atoms with van der Waals surface area (Å²) < 4.78 is 0. The molecule has 2 unspecified atom stereocenters. The molecule has 1 N–H and O–H groups in total. The number of carbonyl (C=O) groups excluding carboxylic acids is 2. The molecular weight excluding hydrogens is 328 g/mol. The minimum atomic E-state index is 0.00613. The van der Waals surface area contributed by atoms with Gasteiger partial charge in [0.2, 0.25) is 5.91 Å². The van der Waals surface area contributed by atoms with Crippen LogP contribution in [0.4, 0.5) is 4.79 Å². The molecule has 3 amide bonds. The Kier molecular flexibility index (Phi) is 5.09. The first-order valence-electron chi connectivity index (χ1n) is 9.94. The summed E-state index contributed by atoms with van der Waals surface area (Å²) in [6.07, 6.45) is 7.90. The van der Waals surface area contributed by atoms with Gasteiger partial charge >= 0.3 is 6.03 Å². The van der Waals surface area contributed by atoms with Crippen LogP contribution in [0.2, 0.25) is 0 Å². The van der Waals surface area contributed by atoms with E-state index in [1.54, 1.807) is 6.20 Å². The molecule has 6 heteroatoms. The molecule has 4 rings (SSSR count). The SMILES string of the molecule is O=C(Cc1ccccn1)NC1CN(C(=O)N2CCCCC2)CC1C1CC1. The van der Waals surface area contributed by atoms with E-state index in [1.165, 1.54) is 19.3 Å².